The van der Waals surface area contributed by atoms with Gasteiger partial charge in [-0.15, -0.1) is 0 Å². The lowest BCUT2D eigenvalue weighted by molar-refractivity contribution is 0.352. The van der Waals surface area contributed by atoms with Crippen molar-refractivity contribution >= 4 is 0 Å². The van der Waals surface area contributed by atoms with Crippen LogP contribution in [0, 0.1) is 13.8 Å². The number of hydrogen-bond acceptors (Lipinski definition) is 3. The van der Waals surface area contributed by atoms with E-state index in [0.717, 1.165) is 41.3 Å². The molecule has 1 atom stereocenters. The van der Waals surface area contributed by atoms with Crippen LogP contribution in [0.2, 0.25) is 0 Å². The van der Waals surface area contributed by atoms with Crippen molar-refractivity contribution in [3.8, 4) is 5.75 Å². The van der Waals surface area contributed by atoms with Crippen LogP contribution in [0.5, 0.6) is 5.75 Å². The first-order chi connectivity index (χ1) is 9.09. The van der Waals surface area contributed by atoms with Gasteiger partial charge in [-0.2, -0.15) is 5.10 Å². The van der Waals surface area contributed by atoms with Crippen molar-refractivity contribution in [1.29, 1.82) is 0 Å². The molecule has 19 heavy (non-hydrogen) atoms. The topological polar surface area (TPSA) is 53.1 Å². The molecule has 1 aliphatic rings. The number of aryl methyl sites for hydroxylation is 2. The van der Waals surface area contributed by atoms with E-state index < -0.39 is 0 Å². The van der Waals surface area contributed by atoms with Gasteiger partial charge in [0.2, 0.25) is 0 Å². The molecule has 2 aromatic rings. The van der Waals surface area contributed by atoms with Gasteiger partial charge in [-0.25, -0.2) is 0 Å². The predicted octanol–water partition coefficient (Wildman–Crippen LogP) is 2.02. The van der Waals surface area contributed by atoms with Crippen molar-refractivity contribution in [2.24, 2.45) is 12.8 Å². The van der Waals surface area contributed by atoms with Crippen LogP contribution < -0.4 is 10.5 Å². The Morgan fingerprint density at radius 2 is 2.16 bits per heavy atom. The van der Waals surface area contributed by atoms with Gasteiger partial charge in [0.1, 0.15) is 5.75 Å². The number of nitrogens with zero attached hydrogens (tertiary/aromatic N) is 2. The predicted molar refractivity (Wildman–Crippen MR) is 74.4 cm³/mol. The Morgan fingerprint density at radius 3 is 2.84 bits per heavy atom. The third-order valence-electron chi connectivity index (χ3n) is 3.96. The summed E-state index contributed by atoms with van der Waals surface area (Å²) in [5.41, 5.74) is 12.0. The highest BCUT2D eigenvalue weighted by molar-refractivity contribution is 5.49. The van der Waals surface area contributed by atoms with Gasteiger partial charge < -0.3 is 10.5 Å². The van der Waals surface area contributed by atoms with Crippen LogP contribution in [-0.2, 0) is 13.5 Å². The highest BCUT2D eigenvalue weighted by Gasteiger charge is 2.24. The van der Waals surface area contributed by atoms with Gasteiger partial charge in [-0.1, -0.05) is 18.2 Å². The minimum atomic E-state index is -0.179. The summed E-state index contributed by atoms with van der Waals surface area (Å²) in [7, 11) is 1.95. The average molecular weight is 257 g/mol. The van der Waals surface area contributed by atoms with E-state index in [1.807, 2.05) is 18.7 Å². The molecule has 2 heterocycles. The number of rotatable bonds is 2. The van der Waals surface area contributed by atoms with E-state index in [0.29, 0.717) is 0 Å². The van der Waals surface area contributed by atoms with Gasteiger partial charge in [0.25, 0.3) is 0 Å². The number of aromatic nitrogens is 2. The van der Waals surface area contributed by atoms with Gasteiger partial charge in [-0.3, -0.25) is 4.68 Å². The summed E-state index contributed by atoms with van der Waals surface area (Å²) in [6.45, 7) is 4.81. The molecule has 1 aromatic heterocycles. The molecule has 1 unspecified atom stereocenters. The average Bonchev–Trinajstić information content (AvgIpc) is 2.94. The minimum absolute atomic E-state index is 0.179. The van der Waals surface area contributed by atoms with Crippen molar-refractivity contribution in [2.45, 2.75) is 26.3 Å². The summed E-state index contributed by atoms with van der Waals surface area (Å²) in [6, 6.07) is 6.05. The zero-order valence-electron chi connectivity index (χ0n) is 11.6. The Kier molecular flexibility index (Phi) is 2.82. The van der Waals surface area contributed by atoms with Gasteiger partial charge in [-0.05, 0) is 19.4 Å². The second kappa shape index (κ2) is 4.38. The fourth-order valence-electron chi connectivity index (χ4n) is 2.88. The lowest BCUT2D eigenvalue weighted by Gasteiger charge is -2.16. The number of fused-ring (bicyclic) bond motifs is 1. The van der Waals surface area contributed by atoms with E-state index in [4.69, 9.17) is 10.5 Å². The van der Waals surface area contributed by atoms with Crippen LogP contribution in [0.4, 0.5) is 0 Å². The van der Waals surface area contributed by atoms with Crippen LogP contribution in [-0.4, -0.2) is 16.4 Å². The van der Waals surface area contributed by atoms with Crippen molar-refractivity contribution in [3.05, 3.63) is 46.3 Å². The molecule has 0 bridgehead atoms. The second-order valence-corrected chi connectivity index (χ2v) is 5.12. The molecular weight excluding hydrogens is 238 g/mol. The standard InChI is InChI=1S/C15H19N3O/c1-9-13(10(2)18(3)17-9)14(16)12-6-4-5-11-7-8-19-15(11)12/h4-6,14H,7-8,16H2,1-3H3. The maximum atomic E-state index is 6.47. The van der Waals surface area contributed by atoms with E-state index in [1.165, 1.54) is 5.56 Å². The smallest absolute Gasteiger partial charge is 0.127 e. The van der Waals surface area contributed by atoms with Crippen molar-refractivity contribution < 1.29 is 4.74 Å². The fraction of sp³-hybridized carbons (Fsp3) is 0.400. The summed E-state index contributed by atoms with van der Waals surface area (Å²) >= 11 is 0. The number of benzene rings is 1. The van der Waals surface area contributed by atoms with Crippen LogP contribution in [0.3, 0.4) is 0 Å². The maximum absolute atomic E-state index is 6.47. The summed E-state index contributed by atoms with van der Waals surface area (Å²) in [5, 5.41) is 4.45. The van der Waals surface area contributed by atoms with Crippen molar-refractivity contribution in [2.75, 3.05) is 6.61 Å². The number of para-hydroxylation sites is 1. The van der Waals surface area contributed by atoms with E-state index in [1.54, 1.807) is 0 Å². The molecule has 3 rings (SSSR count). The van der Waals surface area contributed by atoms with E-state index >= 15 is 0 Å². The van der Waals surface area contributed by atoms with Crippen LogP contribution >= 0.6 is 0 Å². The summed E-state index contributed by atoms with van der Waals surface area (Å²) in [5.74, 6) is 0.970. The fourth-order valence-corrected chi connectivity index (χ4v) is 2.88. The molecule has 0 saturated heterocycles. The van der Waals surface area contributed by atoms with Crippen LogP contribution in [0.1, 0.15) is 34.1 Å². The highest BCUT2D eigenvalue weighted by atomic mass is 16.5. The zero-order valence-corrected chi connectivity index (χ0v) is 11.6. The number of ether oxygens (including phenoxy) is 1. The Balaban J connectivity index is 2.10. The molecule has 0 amide bonds. The lowest BCUT2D eigenvalue weighted by Crippen LogP contribution is -2.15. The third kappa shape index (κ3) is 1.83. The first kappa shape index (κ1) is 12.2. The molecule has 0 radical (unpaired) electrons. The van der Waals surface area contributed by atoms with Gasteiger partial charge >= 0.3 is 0 Å². The molecule has 1 aromatic carbocycles. The van der Waals surface area contributed by atoms with Gasteiger partial charge in [0, 0.05) is 30.3 Å². The molecule has 4 heteroatoms. The van der Waals surface area contributed by atoms with Crippen LogP contribution in [0.25, 0.3) is 0 Å². The highest BCUT2D eigenvalue weighted by Crippen LogP contribution is 2.36. The molecule has 0 fully saturated rings. The molecule has 0 aliphatic carbocycles. The molecule has 100 valence electrons. The molecule has 4 nitrogen and oxygen atoms in total. The Hall–Kier alpha value is -1.81. The SMILES string of the molecule is Cc1nn(C)c(C)c1C(N)c1cccc2c1OCC2. The zero-order chi connectivity index (χ0) is 13.6. The van der Waals surface area contributed by atoms with Gasteiger partial charge in [0.05, 0.1) is 18.3 Å². The Morgan fingerprint density at radius 1 is 1.37 bits per heavy atom. The summed E-state index contributed by atoms with van der Waals surface area (Å²) < 4.78 is 7.64. The van der Waals surface area contributed by atoms with E-state index in [-0.39, 0.29) is 6.04 Å². The van der Waals surface area contributed by atoms with E-state index in [2.05, 4.69) is 30.2 Å². The molecule has 0 spiro atoms. The largest absolute Gasteiger partial charge is 0.493 e. The second-order valence-electron chi connectivity index (χ2n) is 5.12. The number of nitrogens with two attached hydrogens (primary N) is 1. The number of hydrogen-bond donors (Lipinski definition) is 1. The van der Waals surface area contributed by atoms with Crippen molar-refractivity contribution in [1.82, 2.24) is 9.78 Å². The quantitative estimate of drug-likeness (QED) is 0.895. The molecule has 0 saturated carbocycles. The van der Waals surface area contributed by atoms with Gasteiger partial charge in [0.15, 0.2) is 0 Å². The normalized spacial score (nSPS) is 15.2. The Labute approximate surface area is 113 Å². The first-order valence-electron chi connectivity index (χ1n) is 6.60. The molecule has 1 aliphatic heterocycles. The first-order valence-corrected chi connectivity index (χ1v) is 6.60. The summed E-state index contributed by atoms with van der Waals surface area (Å²) in [6.07, 6.45) is 0.973. The van der Waals surface area contributed by atoms with E-state index in [9.17, 15) is 0 Å². The molecule has 2 N–H and O–H groups in total. The Bertz CT molecular complexity index is 631. The minimum Gasteiger partial charge on any atom is -0.493 e. The molecular formula is C15H19N3O. The third-order valence-corrected chi connectivity index (χ3v) is 3.96. The lowest BCUT2D eigenvalue weighted by atomic mass is 9.95. The monoisotopic (exact) mass is 257 g/mol. The van der Waals surface area contributed by atoms with Crippen LogP contribution in [0.15, 0.2) is 18.2 Å². The van der Waals surface area contributed by atoms with Crippen molar-refractivity contribution in [3.63, 3.8) is 0 Å². The maximum Gasteiger partial charge on any atom is 0.127 e. The summed E-state index contributed by atoms with van der Waals surface area (Å²) in [4.78, 5) is 0.